The molecule has 2 aliphatic heterocycles. The molecule has 0 atom stereocenters. The maximum absolute atomic E-state index is 12.1. The second-order valence-corrected chi connectivity index (χ2v) is 7.40. The van der Waals surface area contributed by atoms with E-state index in [2.05, 4.69) is 22.4 Å². The fourth-order valence-electron chi connectivity index (χ4n) is 3.66. The third kappa shape index (κ3) is 4.57. The Balaban J connectivity index is 1.36. The molecule has 1 fully saturated rings. The molecule has 1 aromatic heterocycles. The van der Waals surface area contributed by atoms with E-state index in [9.17, 15) is 14.7 Å². The third-order valence-corrected chi connectivity index (χ3v) is 4.93. The summed E-state index contributed by atoms with van der Waals surface area (Å²) in [5.41, 5.74) is 1.36. The minimum Gasteiger partial charge on any atom is -0.386 e. The summed E-state index contributed by atoms with van der Waals surface area (Å²) in [5, 5.41) is 13.4. The summed E-state index contributed by atoms with van der Waals surface area (Å²) < 4.78 is 0. The highest BCUT2D eigenvalue weighted by atomic mass is 16.3. The lowest BCUT2D eigenvalue weighted by Crippen LogP contribution is -2.64. The lowest BCUT2D eigenvalue weighted by molar-refractivity contribution is -0.159. The van der Waals surface area contributed by atoms with Crippen LogP contribution >= 0.6 is 0 Å². The molecule has 0 unspecified atom stereocenters. The van der Waals surface area contributed by atoms with Crippen LogP contribution in [-0.2, 0) is 22.4 Å². The van der Waals surface area contributed by atoms with Crippen LogP contribution in [0.15, 0.2) is 12.1 Å². The minimum absolute atomic E-state index is 0.0401. The summed E-state index contributed by atoms with van der Waals surface area (Å²) in [7, 11) is 0. The number of aliphatic hydroxyl groups is 1. The van der Waals surface area contributed by atoms with Gasteiger partial charge in [-0.15, -0.1) is 0 Å². The SMILES string of the molecule is CC(=O)CC1(O)CN(C(=O)CCCCc2ccc3c(n2)NCCC3)C1. The van der Waals surface area contributed by atoms with Crippen LogP contribution in [0.2, 0.25) is 0 Å². The molecule has 2 N–H and O–H groups in total. The van der Waals surface area contributed by atoms with Crippen LogP contribution in [0, 0.1) is 0 Å². The van der Waals surface area contributed by atoms with Crippen molar-refractivity contribution in [1.29, 1.82) is 0 Å². The summed E-state index contributed by atoms with van der Waals surface area (Å²) in [4.78, 5) is 29.5. The second kappa shape index (κ2) is 7.52. The molecule has 3 heterocycles. The van der Waals surface area contributed by atoms with Crippen LogP contribution in [0.25, 0.3) is 0 Å². The van der Waals surface area contributed by atoms with Crippen LogP contribution in [0.5, 0.6) is 0 Å². The summed E-state index contributed by atoms with van der Waals surface area (Å²) >= 11 is 0. The molecule has 1 saturated heterocycles. The van der Waals surface area contributed by atoms with Gasteiger partial charge < -0.3 is 15.3 Å². The lowest BCUT2D eigenvalue weighted by atomic mass is 9.88. The zero-order valence-electron chi connectivity index (χ0n) is 14.9. The molecule has 0 radical (unpaired) electrons. The molecule has 1 amide bonds. The smallest absolute Gasteiger partial charge is 0.222 e. The molecule has 6 heteroatoms. The average Bonchev–Trinajstić information content (AvgIpc) is 2.55. The molecule has 3 rings (SSSR count). The van der Waals surface area contributed by atoms with E-state index in [4.69, 9.17) is 0 Å². The Kier molecular flexibility index (Phi) is 5.37. The Morgan fingerprint density at radius 1 is 1.32 bits per heavy atom. The van der Waals surface area contributed by atoms with Gasteiger partial charge >= 0.3 is 0 Å². The highest BCUT2D eigenvalue weighted by molar-refractivity contribution is 5.80. The lowest BCUT2D eigenvalue weighted by Gasteiger charge is -2.46. The molecule has 0 spiro atoms. The van der Waals surface area contributed by atoms with E-state index >= 15 is 0 Å². The van der Waals surface area contributed by atoms with Crippen LogP contribution in [-0.4, -0.2) is 51.9 Å². The van der Waals surface area contributed by atoms with Crippen molar-refractivity contribution in [1.82, 2.24) is 9.88 Å². The standard InChI is InChI=1S/C19H27N3O3/c1-14(23)11-19(25)12-22(13-19)17(24)7-3-2-6-16-9-8-15-5-4-10-20-18(15)21-16/h8-9,25H,2-7,10-13H2,1H3,(H,20,21). The van der Waals surface area contributed by atoms with Crippen LogP contribution < -0.4 is 5.32 Å². The predicted octanol–water partition coefficient (Wildman–Crippen LogP) is 1.70. The first-order valence-electron chi connectivity index (χ1n) is 9.17. The first-order valence-corrected chi connectivity index (χ1v) is 9.17. The molecule has 136 valence electrons. The number of amides is 1. The van der Waals surface area contributed by atoms with Crippen molar-refractivity contribution in [3.05, 3.63) is 23.4 Å². The number of anilines is 1. The number of pyridine rings is 1. The van der Waals surface area contributed by atoms with E-state index in [0.29, 0.717) is 6.42 Å². The number of carbonyl (C=O) groups excluding carboxylic acids is 2. The van der Waals surface area contributed by atoms with Gasteiger partial charge in [-0.25, -0.2) is 4.98 Å². The number of nitrogens with one attached hydrogen (secondary N) is 1. The number of hydrogen-bond acceptors (Lipinski definition) is 5. The Labute approximate surface area is 148 Å². The number of β-amino-alcohol motifs (C(OH)–C–C–N with tert-alkyl or cyclic N) is 1. The van der Waals surface area contributed by atoms with Gasteiger partial charge in [-0.3, -0.25) is 9.59 Å². The fourth-order valence-corrected chi connectivity index (χ4v) is 3.66. The highest BCUT2D eigenvalue weighted by Gasteiger charge is 2.43. The molecular weight excluding hydrogens is 318 g/mol. The normalized spacial score (nSPS) is 18.1. The number of hydrogen-bond donors (Lipinski definition) is 2. The van der Waals surface area contributed by atoms with Gasteiger partial charge in [-0.05, 0) is 50.7 Å². The number of ketones is 1. The van der Waals surface area contributed by atoms with E-state index in [1.807, 2.05) is 0 Å². The molecule has 0 saturated carbocycles. The molecule has 6 nitrogen and oxygen atoms in total. The molecule has 0 aliphatic carbocycles. The van der Waals surface area contributed by atoms with E-state index in [0.717, 1.165) is 50.2 Å². The van der Waals surface area contributed by atoms with Crippen LogP contribution in [0.3, 0.4) is 0 Å². The van der Waals surface area contributed by atoms with Gasteiger partial charge in [0.1, 0.15) is 17.2 Å². The zero-order chi connectivity index (χ0) is 17.9. The number of aromatic nitrogens is 1. The Bertz CT molecular complexity index is 653. The van der Waals surface area contributed by atoms with Crippen molar-refractivity contribution in [2.75, 3.05) is 25.0 Å². The summed E-state index contributed by atoms with van der Waals surface area (Å²) in [6.07, 6.45) is 5.48. The Morgan fingerprint density at radius 3 is 2.88 bits per heavy atom. The predicted molar refractivity (Wildman–Crippen MR) is 95.4 cm³/mol. The number of carbonyl (C=O) groups is 2. The van der Waals surface area contributed by atoms with Crippen molar-refractivity contribution in [3.8, 4) is 0 Å². The van der Waals surface area contributed by atoms with Gasteiger partial charge in [-0.2, -0.15) is 0 Å². The number of aryl methyl sites for hydroxylation is 2. The van der Waals surface area contributed by atoms with Gasteiger partial charge in [-0.1, -0.05) is 6.07 Å². The number of likely N-dealkylation sites (tertiary alicyclic amines) is 1. The highest BCUT2D eigenvalue weighted by Crippen LogP contribution is 2.26. The fraction of sp³-hybridized carbons (Fsp3) is 0.632. The van der Waals surface area contributed by atoms with E-state index in [-0.39, 0.29) is 31.2 Å². The van der Waals surface area contributed by atoms with E-state index in [1.54, 1.807) is 4.90 Å². The maximum atomic E-state index is 12.1. The topological polar surface area (TPSA) is 82.5 Å². The molecule has 2 aliphatic rings. The van der Waals surface area contributed by atoms with Crippen molar-refractivity contribution >= 4 is 17.5 Å². The molecule has 0 aromatic carbocycles. The summed E-state index contributed by atoms with van der Waals surface area (Å²) in [6, 6.07) is 4.25. The average molecular weight is 345 g/mol. The van der Waals surface area contributed by atoms with Gasteiger partial charge in [0.2, 0.25) is 5.91 Å². The van der Waals surface area contributed by atoms with Crippen molar-refractivity contribution < 1.29 is 14.7 Å². The Morgan fingerprint density at radius 2 is 2.12 bits per heavy atom. The van der Waals surface area contributed by atoms with Gasteiger partial charge in [0.25, 0.3) is 0 Å². The number of nitrogens with zero attached hydrogens (tertiary/aromatic N) is 2. The monoisotopic (exact) mass is 345 g/mol. The van der Waals surface area contributed by atoms with Crippen molar-refractivity contribution in [3.63, 3.8) is 0 Å². The number of fused-ring (bicyclic) bond motifs is 1. The minimum atomic E-state index is -0.998. The molecule has 25 heavy (non-hydrogen) atoms. The molecule has 0 bridgehead atoms. The van der Waals surface area contributed by atoms with E-state index < -0.39 is 5.60 Å². The first kappa shape index (κ1) is 17.9. The van der Waals surface area contributed by atoms with Gasteiger partial charge in [0.15, 0.2) is 0 Å². The first-order chi connectivity index (χ1) is 12.0. The third-order valence-electron chi connectivity index (χ3n) is 4.93. The molecule has 1 aromatic rings. The quantitative estimate of drug-likeness (QED) is 0.735. The maximum Gasteiger partial charge on any atom is 0.222 e. The second-order valence-electron chi connectivity index (χ2n) is 7.40. The number of unbranched alkanes of at least 4 members (excludes halogenated alkanes) is 1. The number of rotatable bonds is 7. The zero-order valence-corrected chi connectivity index (χ0v) is 14.9. The van der Waals surface area contributed by atoms with Crippen molar-refractivity contribution in [2.45, 2.75) is 57.5 Å². The Hall–Kier alpha value is -1.95. The summed E-state index contributed by atoms with van der Waals surface area (Å²) in [6.45, 7) is 3.02. The van der Waals surface area contributed by atoms with Gasteiger partial charge in [0.05, 0.1) is 13.1 Å². The number of Topliss-reactive ketones (excluding diaryl/α,β-unsaturated/α-hetero) is 1. The van der Waals surface area contributed by atoms with Crippen LogP contribution in [0.4, 0.5) is 5.82 Å². The van der Waals surface area contributed by atoms with Crippen molar-refractivity contribution in [2.24, 2.45) is 0 Å². The van der Waals surface area contributed by atoms with Crippen LogP contribution in [0.1, 0.15) is 50.3 Å². The van der Waals surface area contributed by atoms with Gasteiger partial charge in [0, 0.05) is 25.1 Å². The van der Waals surface area contributed by atoms with E-state index in [1.165, 1.54) is 12.5 Å². The summed E-state index contributed by atoms with van der Waals surface area (Å²) in [5.74, 6) is 1.04. The largest absolute Gasteiger partial charge is 0.386 e. The molecular formula is C19H27N3O3.